The number of hydrogen-bond donors (Lipinski definition) is 2. The van der Waals surface area contributed by atoms with Gasteiger partial charge in [0.05, 0.1) is 6.54 Å². The van der Waals surface area contributed by atoms with Gasteiger partial charge < -0.3 is 15.2 Å². The van der Waals surface area contributed by atoms with Crippen molar-refractivity contribution in [3.63, 3.8) is 0 Å². The van der Waals surface area contributed by atoms with E-state index in [2.05, 4.69) is 25.7 Å². The summed E-state index contributed by atoms with van der Waals surface area (Å²) in [5.41, 5.74) is 0.911. The molecule has 2 N–H and O–H groups in total. The number of piperidine rings is 1. The predicted octanol–water partition coefficient (Wildman–Crippen LogP) is 1.36. The average Bonchev–Trinajstić information content (AvgIpc) is 3.06. The van der Waals surface area contributed by atoms with Gasteiger partial charge in [0.15, 0.2) is 0 Å². The fraction of sp³-hybridized carbons (Fsp3) is 0.438. The molecule has 0 aliphatic carbocycles. The van der Waals surface area contributed by atoms with Crippen molar-refractivity contribution in [1.29, 1.82) is 0 Å². The Morgan fingerprint density at radius 1 is 1.30 bits per heavy atom. The lowest BCUT2D eigenvalue weighted by atomic mass is 10.1. The molecular weight excluding hydrogens is 294 g/mol. The third-order valence-electron chi connectivity index (χ3n) is 4.01. The Kier molecular flexibility index (Phi) is 4.87. The van der Waals surface area contributed by atoms with Gasteiger partial charge in [-0.1, -0.05) is 18.2 Å². The van der Waals surface area contributed by atoms with Gasteiger partial charge in [0.25, 0.3) is 11.8 Å². The van der Waals surface area contributed by atoms with Gasteiger partial charge in [-0.3, -0.25) is 9.69 Å². The van der Waals surface area contributed by atoms with E-state index in [0.29, 0.717) is 24.4 Å². The fourth-order valence-corrected chi connectivity index (χ4v) is 2.68. The minimum absolute atomic E-state index is 0.0575. The number of nitrogens with zero attached hydrogens (tertiary/aromatic N) is 3. The van der Waals surface area contributed by atoms with Crippen molar-refractivity contribution in [2.45, 2.75) is 18.9 Å². The lowest BCUT2D eigenvalue weighted by molar-refractivity contribution is -0.122. The van der Waals surface area contributed by atoms with Crippen LogP contribution in [0.25, 0.3) is 11.5 Å². The molecule has 1 fully saturated rings. The molecule has 0 atom stereocenters. The maximum atomic E-state index is 11.4. The topological polar surface area (TPSA) is 83.3 Å². The second-order valence-electron chi connectivity index (χ2n) is 5.66. The van der Waals surface area contributed by atoms with E-state index in [1.54, 1.807) is 7.05 Å². The van der Waals surface area contributed by atoms with Crippen molar-refractivity contribution in [3.8, 4) is 11.5 Å². The highest BCUT2D eigenvalue weighted by atomic mass is 16.5. The van der Waals surface area contributed by atoms with E-state index < -0.39 is 0 Å². The molecule has 0 unspecified atom stereocenters. The Balaban J connectivity index is 1.51. The molecule has 1 amide bonds. The van der Waals surface area contributed by atoms with Gasteiger partial charge in [-0.2, -0.15) is 4.98 Å². The second kappa shape index (κ2) is 7.23. The zero-order valence-electron chi connectivity index (χ0n) is 13.2. The van der Waals surface area contributed by atoms with E-state index >= 15 is 0 Å². The molecule has 3 rings (SSSR count). The molecule has 7 nitrogen and oxygen atoms in total. The van der Waals surface area contributed by atoms with Crippen LogP contribution in [0.3, 0.4) is 0 Å². The van der Waals surface area contributed by atoms with Crippen molar-refractivity contribution in [2.75, 3.05) is 32.0 Å². The SMILES string of the molecule is CNC(=O)CN1CCC(Nc2noc(-c3ccccc3)n2)CC1. The summed E-state index contributed by atoms with van der Waals surface area (Å²) in [6.45, 7) is 2.23. The average molecular weight is 315 g/mol. The van der Waals surface area contributed by atoms with Crippen molar-refractivity contribution in [3.05, 3.63) is 30.3 Å². The molecule has 0 bridgehead atoms. The van der Waals surface area contributed by atoms with Gasteiger partial charge in [0.1, 0.15) is 0 Å². The van der Waals surface area contributed by atoms with Gasteiger partial charge in [0, 0.05) is 31.7 Å². The van der Waals surface area contributed by atoms with Crippen LogP contribution in [-0.4, -0.2) is 53.7 Å². The maximum absolute atomic E-state index is 11.4. The Bertz CT molecular complexity index is 635. The number of nitrogens with one attached hydrogen (secondary N) is 2. The molecule has 1 aromatic heterocycles. The van der Waals surface area contributed by atoms with Crippen LogP contribution >= 0.6 is 0 Å². The van der Waals surface area contributed by atoms with E-state index in [9.17, 15) is 4.79 Å². The summed E-state index contributed by atoms with van der Waals surface area (Å²) in [7, 11) is 1.66. The summed E-state index contributed by atoms with van der Waals surface area (Å²) in [4.78, 5) is 17.9. The quantitative estimate of drug-likeness (QED) is 0.867. The summed E-state index contributed by atoms with van der Waals surface area (Å²) in [6.07, 6.45) is 1.90. The summed E-state index contributed by atoms with van der Waals surface area (Å²) >= 11 is 0. The summed E-state index contributed by atoms with van der Waals surface area (Å²) < 4.78 is 5.29. The molecule has 2 aromatic rings. The van der Waals surface area contributed by atoms with Crippen molar-refractivity contribution >= 4 is 11.9 Å². The largest absolute Gasteiger partial charge is 0.358 e. The number of carbonyl (C=O) groups excluding carboxylic acids is 1. The minimum Gasteiger partial charge on any atom is -0.358 e. The van der Waals surface area contributed by atoms with Crippen LogP contribution in [0.2, 0.25) is 0 Å². The van der Waals surface area contributed by atoms with Crippen molar-refractivity contribution < 1.29 is 9.32 Å². The van der Waals surface area contributed by atoms with E-state index in [4.69, 9.17) is 4.52 Å². The lowest BCUT2D eigenvalue weighted by Gasteiger charge is -2.31. The number of hydrogen-bond acceptors (Lipinski definition) is 6. The molecule has 0 spiro atoms. The zero-order valence-corrected chi connectivity index (χ0v) is 13.2. The van der Waals surface area contributed by atoms with Crippen LogP contribution < -0.4 is 10.6 Å². The number of carbonyl (C=O) groups is 1. The maximum Gasteiger partial charge on any atom is 0.263 e. The number of amides is 1. The third-order valence-corrected chi connectivity index (χ3v) is 4.01. The number of aromatic nitrogens is 2. The number of benzene rings is 1. The molecule has 0 radical (unpaired) electrons. The lowest BCUT2D eigenvalue weighted by Crippen LogP contribution is -2.43. The number of likely N-dealkylation sites (tertiary alicyclic amines) is 1. The molecule has 2 heterocycles. The van der Waals surface area contributed by atoms with E-state index in [0.717, 1.165) is 31.5 Å². The van der Waals surface area contributed by atoms with Crippen molar-refractivity contribution in [2.24, 2.45) is 0 Å². The Labute approximate surface area is 135 Å². The molecule has 1 aliphatic rings. The van der Waals surface area contributed by atoms with Crippen LogP contribution in [0.5, 0.6) is 0 Å². The molecule has 1 aliphatic heterocycles. The molecule has 122 valence electrons. The summed E-state index contributed by atoms with van der Waals surface area (Å²) in [6, 6.07) is 10.0. The van der Waals surface area contributed by atoms with Gasteiger partial charge in [-0.25, -0.2) is 0 Å². The number of anilines is 1. The van der Waals surface area contributed by atoms with Crippen LogP contribution in [0.1, 0.15) is 12.8 Å². The van der Waals surface area contributed by atoms with Crippen LogP contribution in [0.4, 0.5) is 5.95 Å². The van der Waals surface area contributed by atoms with Crippen molar-refractivity contribution in [1.82, 2.24) is 20.4 Å². The van der Waals surface area contributed by atoms with Gasteiger partial charge in [0.2, 0.25) is 5.91 Å². The molecule has 23 heavy (non-hydrogen) atoms. The monoisotopic (exact) mass is 315 g/mol. The molecule has 1 saturated heterocycles. The van der Waals surface area contributed by atoms with E-state index in [-0.39, 0.29) is 5.91 Å². The number of rotatable bonds is 5. The van der Waals surface area contributed by atoms with Crippen LogP contribution in [-0.2, 0) is 4.79 Å². The standard InChI is InChI=1S/C16H21N5O2/c1-17-14(22)11-21-9-7-13(8-10-21)18-16-19-15(23-20-16)12-5-3-2-4-6-12/h2-6,13H,7-11H2,1H3,(H,17,22)(H,18,20). The predicted molar refractivity (Wildman–Crippen MR) is 86.9 cm³/mol. The van der Waals surface area contributed by atoms with E-state index in [1.165, 1.54) is 0 Å². The number of likely N-dealkylation sites (N-methyl/N-ethyl adjacent to an activating group) is 1. The minimum atomic E-state index is 0.0575. The Morgan fingerprint density at radius 2 is 2.04 bits per heavy atom. The molecule has 0 saturated carbocycles. The summed E-state index contributed by atoms with van der Waals surface area (Å²) in [5.74, 6) is 1.10. The van der Waals surface area contributed by atoms with Crippen LogP contribution in [0.15, 0.2) is 34.9 Å². The highest BCUT2D eigenvalue weighted by Crippen LogP contribution is 2.20. The zero-order chi connectivity index (χ0) is 16.1. The highest BCUT2D eigenvalue weighted by molar-refractivity contribution is 5.77. The smallest absolute Gasteiger partial charge is 0.263 e. The Hall–Kier alpha value is -2.41. The third kappa shape index (κ3) is 4.07. The highest BCUT2D eigenvalue weighted by Gasteiger charge is 2.21. The molecule has 1 aromatic carbocycles. The van der Waals surface area contributed by atoms with Crippen LogP contribution in [0, 0.1) is 0 Å². The first-order valence-electron chi connectivity index (χ1n) is 7.83. The first-order valence-corrected chi connectivity index (χ1v) is 7.83. The Morgan fingerprint density at radius 3 is 2.74 bits per heavy atom. The summed E-state index contributed by atoms with van der Waals surface area (Å²) in [5, 5.41) is 9.96. The molecular formula is C16H21N5O2. The first kappa shape index (κ1) is 15.5. The van der Waals surface area contributed by atoms with E-state index in [1.807, 2.05) is 30.3 Å². The molecule has 7 heteroatoms. The van der Waals surface area contributed by atoms with Gasteiger partial charge in [-0.15, -0.1) is 0 Å². The van der Waals surface area contributed by atoms with Gasteiger partial charge in [-0.05, 0) is 30.1 Å². The first-order chi connectivity index (χ1) is 11.2. The van der Waals surface area contributed by atoms with Gasteiger partial charge >= 0.3 is 0 Å². The fourth-order valence-electron chi connectivity index (χ4n) is 2.68. The normalized spacial score (nSPS) is 16.2. The second-order valence-corrected chi connectivity index (χ2v) is 5.66.